The Morgan fingerprint density at radius 3 is 1.93 bits per heavy atom. The molecular formula is C37H30ClFN4O3. The topological polar surface area (TPSA) is 79.1 Å². The Morgan fingerprint density at radius 1 is 0.826 bits per heavy atom. The number of alkyl halides is 1. The summed E-state index contributed by atoms with van der Waals surface area (Å²) in [4.78, 5) is 25.7. The Bertz CT molecular complexity index is 1850. The van der Waals surface area contributed by atoms with Gasteiger partial charge in [-0.25, -0.2) is 24.1 Å². The average Bonchev–Trinajstić information content (AvgIpc) is 3.54. The van der Waals surface area contributed by atoms with Crippen LogP contribution in [0.1, 0.15) is 39.5 Å². The maximum Gasteiger partial charge on any atom is 0.338 e. The predicted octanol–water partition coefficient (Wildman–Crippen LogP) is 7.61. The van der Waals surface area contributed by atoms with Crippen LogP contribution in [0.3, 0.4) is 0 Å². The van der Waals surface area contributed by atoms with Crippen molar-refractivity contribution in [3.8, 4) is 0 Å². The van der Waals surface area contributed by atoms with Gasteiger partial charge in [0.05, 0.1) is 18.5 Å². The molecule has 0 unspecified atom stereocenters. The van der Waals surface area contributed by atoms with E-state index in [1.807, 2.05) is 95.6 Å². The molecule has 7 rings (SSSR count). The fraction of sp³-hybridized carbons (Fsp3) is 0.189. The van der Waals surface area contributed by atoms with Crippen LogP contribution in [0, 0.1) is 5.92 Å². The van der Waals surface area contributed by atoms with E-state index in [2.05, 4.69) is 15.0 Å². The summed E-state index contributed by atoms with van der Waals surface area (Å²) in [5.41, 5.74) is 1.04. The maximum atomic E-state index is 17.1. The van der Waals surface area contributed by atoms with Gasteiger partial charge in [-0.15, -0.1) is 0 Å². The molecule has 0 bridgehead atoms. The van der Waals surface area contributed by atoms with E-state index >= 15 is 4.39 Å². The highest BCUT2D eigenvalue weighted by Crippen LogP contribution is 2.53. The Morgan fingerprint density at radius 2 is 1.37 bits per heavy atom. The van der Waals surface area contributed by atoms with Crippen LogP contribution in [-0.4, -0.2) is 44.4 Å². The SMILES string of the molecule is O=C(OC[C@@]1(F)C[C@@H](n2cnc3c(Cl)ncnc32)[C@@H]1COC(c1ccccc1)(c1ccccc1)c1ccccc1)c1ccccc1. The summed E-state index contributed by atoms with van der Waals surface area (Å²) in [7, 11) is 0. The lowest BCUT2D eigenvalue weighted by Crippen LogP contribution is -2.57. The van der Waals surface area contributed by atoms with Crippen molar-refractivity contribution in [1.82, 2.24) is 19.5 Å². The number of esters is 1. The van der Waals surface area contributed by atoms with Crippen molar-refractivity contribution in [3.05, 3.63) is 161 Å². The molecular weight excluding hydrogens is 603 g/mol. The van der Waals surface area contributed by atoms with Gasteiger partial charge in [-0.2, -0.15) is 0 Å². The molecule has 230 valence electrons. The molecule has 0 aliphatic heterocycles. The number of aromatic nitrogens is 4. The van der Waals surface area contributed by atoms with E-state index in [0.717, 1.165) is 16.7 Å². The number of carbonyl (C=O) groups is 1. The van der Waals surface area contributed by atoms with Crippen LogP contribution in [-0.2, 0) is 15.1 Å². The monoisotopic (exact) mass is 632 g/mol. The molecule has 4 aromatic carbocycles. The molecule has 7 nitrogen and oxygen atoms in total. The molecule has 3 atom stereocenters. The molecule has 0 amide bonds. The summed E-state index contributed by atoms with van der Waals surface area (Å²) in [6.45, 7) is -0.441. The lowest BCUT2D eigenvalue weighted by molar-refractivity contribution is -0.146. The summed E-state index contributed by atoms with van der Waals surface area (Å²) < 4.78 is 31.6. The zero-order chi connectivity index (χ0) is 31.6. The predicted molar refractivity (Wildman–Crippen MR) is 173 cm³/mol. The summed E-state index contributed by atoms with van der Waals surface area (Å²) >= 11 is 6.31. The number of imidazole rings is 1. The molecule has 0 saturated heterocycles. The smallest absolute Gasteiger partial charge is 0.338 e. The molecule has 9 heteroatoms. The summed E-state index contributed by atoms with van der Waals surface area (Å²) in [5.74, 6) is -1.32. The van der Waals surface area contributed by atoms with Crippen LogP contribution >= 0.6 is 11.6 Å². The van der Waals surface area contributed by atoms with Crippen molar-refractivity contribution in [2.24, 2.45) is 5.92 Å². The number of rotatable bonds is 10. The number of hydrogen-bond donors (Lipinski definition) is 0. The zero-order valence-corrected chi connectivity index (χ0v) is 25.5. The van der Waals surface area contributed by atoms with Gasteiger partial charge < -0.3 is 14.0 Å². The minimum atomic E-state index is -1.89. The lowest BCUT2D eigenvalue weighted by atomic mass is 9.66. The fourth-order valence-corrected chi connectivity index (χ4v) is 6.61. The maximum absolute atomic E-state index is 17.1. The van der Waals surface area contributed by atoms with Gasteiger partial charge >= 0.3 is 5.97 Å². The van der Waals surface area contributed by atoms with Crippen LogP contribution in [0.25, 0.3) is 11.2 Å². The van der Waals surface area contributed by atoms with Gasteiger partial charge in [0.1, 0.15) is 24.1 Å². The Kier molecular flexibility index (Phi) is 8.07. The minimum Gasteiger partial charge on any atom is -0.459 e. The lowest BCUT2D eigenvalue weighted by Gasteiger charge is -2.50. The van der Waals surface area contributed by atoms with Gasteiger partial charge in [0.15, 0.2) is 16.5 Å². The summed E-state index contributed by atoms with van der Waals surface area (Å²) in [5, 5.41) is 0.218. The van der Waals surface area contributed by atoms with Gasteiger partial charge in [0.2, 0.25) is 0 Å². The van der Waals surface area contributed by atoms with Crippen LogP contribution in [0.2, 0.25) is 5.15 Å². The molecule has 6 aromatic rings. The molecule has 1 aliphatic rings. The van der Waals surface area contributed by atoms with Crippen LogP contribution < -0.4 is 0 Å². The molecule has 1 aliphatic carbocycles. The first-order valence-electron chi connectivity index (χ1n) is 15.0. The van der Waals surface area contributed by atoms with Crippen molar-refractivity contribution >= 4 is 28.7 Å². The Balaban J connectivity index is 1.28. The second-order valence-corrected chi connectivity index (χ2v) is 11.8. The van der Waals surface area contributed by atoms with Gasteiger partial charge in [-0.3, -0.25) is 0 Å². The molecule has 1 fully saturated rings. The number of hydrogen-bond acceptors (Lipinski definition) is 6. The van der Waals surface area contributed by atoms with Crippen LogP contribution in [0.4, 0.5) is 4.39 Å². The van der Waals surface area contributed by atoms with Crippen molar-refractivity contribution in [3.63, 3.8) is 0 Å². The van der Waals surface area contributed by atoms with Crippen molar-refractivity contribution in [2.45, 2.75) is 23.7 Å². The highest BCUT2D eigenvalue weighted by atomic mass is 35.5. The van der Waals surface area contributed by atoms with E-state index in [-0.39, 0.29) is 18.2 Å². The molecule has 0 spiro atoms. The number of nitrogens with zero attached hydrogens (tertiary/aromatic N) is 4. The fourth-order valence-electron chi connectivity index (χ4n) is 6.44. The average molecular weight is 633 g/mol. The molecule has 0 N–H and O–H groups in total. The van der Waals surface area contributed by atoms with Gasteiger partial charge in [-0.05, 0) is 28.8 Å². The zero-order valence-electron chi connectivity index (χ0n) is 24.7. The van der Waals surface area contributed by atoms with Crippen LogP contribution in [0.15, 0.2) is 134 Å². The number of benzene rings is 4. The first-order chi connectivity index (χ1) is 22.5. The Hall–Kier alpha value is -4.92. The first kappa shape index (κ1) is 29.8. The van der Waals surface area contributed by atoms with E-state index in [0.29, 0.717) is 16.7 Å². The number of fused-ring (bicyclic) bond motifs is 1. The van der Waals surface area contributed by atoms with E-state index < -0.39 is 35.8 Å². The molecule has 46 heavy (non-hydrogen) atoms. The normalized spacial score (nSPS) is 19.4. The molecule has 2 heterocycles. The molecule has 0 radical (unpaired) electrons. The van der Waals surface area contributed by atoms with Crippen molar-refractivity contribution < 1.29 is 18.7 Å². The molecule has 2 aromatic heterocycles. The molecule has 1 saturated carbocycles. The summed E-state index contributed by atoms with van der Waals surface area (Å²) in [6.07, 6.45) is 3.03. The van der Waals surface area contributed by atoms with E-state index in [9.17, 15) is 4.79 Å². The largest absolute Gasteiger partial charge is 0.459 e. The third-order valence-electron chi connectivity index (χ3n) is 8.82. The number of carbonyl (C=O) groups excluding carboxylic acids is 1. The second-order valence-electron chi connectivity index (χ2n) is 11.4. The number of ether oxygens (including phenoxy) is 2. The van der Waals surface area contributed by atoms with Gasteiger partial charge in [-0.1, -0.05) is 121 Å². The van der Waals surface area contributed by atoms with E-state index in [1.165, 1.54) is 6.33 Å². The van der Waals surface area contributed by atoms with E-state index in [1.54, 1.807) is 36.7 Å². The standard InChI is InChI=1S/C37H30ClFN4O3/c38-33-32-34(41-24-40-33)43(25-42-32)31-21-36(39,23-45-35(44)26-13-5-1-6-14-26)30(31)22-46-37(27-15-7-2-8-16-27,28-17-9-3-10-18-28)29-19-11-4-12-20-29/h1-20,24-25,30-31H,21-23H2/t30-,31+,36-/m0/s1. The van der Waals surface area contributed by atoms with Gasteiger partial charge in [0.25, 0.3) is 0 Å². The van der Waals surface area contributed by atoms with Crippen molar-refractivity contribution in [2.75, 3.05) is 13.2 Å². The highest BCUT2D eigenvalue weighted by molar-refractivity contribution is 6.33. The Labute approximate surface area is 270 Å². The van der Waals surface area contributed by atoms with Crippen molar-refractivity contribution in [1.29, 1.82) is 0 Å². The first-order valence-corrected chi connectivity index (χ1v) is 15.4. The van der Waals surface area contributed by atoms with Crippen LogP contribution in [0.5, 0.6) is 0 Å². The minimum absolute atomic E-state index is 0.0127. The third-order valence-corrected chi connectivity index (χ3v) is 9.10. The number of halogens is 2. The third kappa shape index (κ3) is 5.33. The quantitative estimate of drug-likeness (QED) is 0.0878. The van der Waals surface area contributed by atoms with Gasteiger partial charge in [0, 0.05) is 18.4 Å². The second kappa shape index (κ2) is 12.5. The summed E-state index contributed by atoms with van der Waals surface area (Å²) in [6, 6.07) is 38.0. The highest BCUT2D eigenvalue weighted by Gasteiger charge is 2.58. The van der Waals surface area contributed by atoms with E-state index in [4.69, 9.17) is 21.1 Å².